The number of para-hydroxylation sites is 1. The predicted octanol–water partition coefficient (Wildman–Crippen LogP) is 2.47. The van der Waals surface area contributed by atoms with E-state index < -0.39 is 17.7 Å². The number of carbonyl (C=O) groups excluding carboxylic acids is 1. The summed E-state index contributed by atoms with van der Waals surface area (Å²) in [5, 5.41) is 13.0. The zero-order valence-electron chi connectivity index (χ0n) is 14.4. The van der Waals surface area contributed by atoms with Gasteiger partial charge >= 0.3 is 5.97 Å². The molecule has 0 radical (unpaired) electrons. The first-order valence-electron chi connectivity index (χ1n) is 8.08. The molecule has 0 fully saturated rings. The van der Waals surface area contributed by atoms with Crippen molar-refractivity contribution in [3.8, 4) is 5.69 Å². The van der Waals surface area contributed by atoms with E-state index in [1.54, 1.807) is 25.1 Å². The highest BCUT2D eigenvalue weighted by Crippen LogP contribution is 2.20. The van der Waals surface area contributed by atoms with Gasteiger partial charge in [0, 0.05) is 19.0 Å². The molecule has 0 spiro atoms. The normalized spacial score (nSPS) is 10.9. The van der Waals surface area contributed by atoms with Gasteiger partial charge in [0.1, 0.15) is 17.3 Å². The van der Waals surface area contributed by atoms with Crippen molar-refractivity contribution in [1.82, 2.24) is 19.7 Å². The highest BCUT2D eigenvalue weighted by molar-refractivity contribution is 5.90. The number of carboxylic acids is 1. The summed E-state index contributed by atoms with van der Waals surface area (Å²) in [6, 6.07) is 6.12. The van der Waals surface area contributed by atoms with Crippen LogP contribution in [0, 0.1) is 5.82 Å². The Kier molecular flexibility index (Phi) is 5.84. The third-order valence-electron chi connectivity index (χ3n) is 3.69. The molecule has 134 valence electrons. The van der Waals surface area contributed by atoms with Crippen molar-refractivity contribution in [2.45, 2.75) is 33.1 Å². The molecule has 0 unspecified atom stereocenters. The number of aliphatic carboxylic acids is 1. The standard InChI is InChI=1S/C17H21FN4O3/c1-4-21(10-9-14(23)24)17(25)15-19-16(11(2)3)22(20-15)13-8-6-5-7-12(13)18/h5-8,11H,4,9-10H2,1-3H3,(H,23,24). The Balaban J connectivity index is 2.40. The quantitative estimate of drug-likeness (QED) is 0.830. The average Bonchev–Trinajstić information content (AvgIpc) is 3.00. The van der Waals surface area contributed by atoms with Gasteiger partial charge in [-0.05, 0) is 19.1 Å². The van der Waals surface area contributed by atoms with E-state index in [4.69, 9.17) is 5.11 Å². The molecular weight excluding hydrogens is 327 g/mol. The van der Waals surface area contributed by atoms with Gasteiger partial charge in [-0.3, -0.25) is 9.59 Å². The number of aromatic nitrogens is 3. The number of benzene rings is 1. The minimum atomic E-state index is -0.987. The molecule has 7 nitrogen and oxygen atoms in total. The van der Waals surface area contributed by atoms with Gasteiger partial charge in [-0.25, -0.2) is 14.1 Å². The number of hydrogen-bond acceptors (Lipinski definition) is 4. The Labute approximate surface area is 145 Å². The Morgan fingerprint density at radius 1 is 1.32 bits per heavy atom. The van der Waals surface area contributed by atoms with Crippen LogP contribution in [0.25, 0.3) is 5.69 Å². The summed E-state index contributed by atoms with van der Waals surface area (Å²) in [7, 11) is 0. The van der Waals surface area contributed by atoms with Crippen LogP contribution in [0.15, 0.2) is 24.3 Å². The molecule has 2 aromatic rings. The Bertz CT molecular complexity index is 773. The van der Waals surface area contributed by atoms with Crippen LogP contribution in [-0.4, -0.2) is 49.7 Å². The molecule has 1 aromatic carbocycles. The van der Waals surface area contributed by atoms with Gasteiger partial charge < -0.3 is 10.0 Å². The third kappa shape index (κ3) is 4.20. The lowest BCUT2D eigenvalue weighted by atomic mass is 10.2. The van der Waals surface area contributed by atoms with Crippen LogP contribution < -0.4 is 0 Å². The van der Waals surface area contributed by atoms with E-state index in [2.05, 4.69) is 10.1 Å². The van der Waals surface area contributed by atoms with Crippen LogP contribution in [-0.2, 0) is 4.79 Å². The SMILES string of the molecule is CCN(CCC(=O)O)C(=O)c1nc(C(C)C)n(-c2ccccc2F)n1. The van der Waals surface area contributed by atoms with E-state index in [9.17, 15) is 14.0 Å². The molecule has 0 bridgehead atoms. The maximum atomic E-state index is 14.1. The van der Waals surface area contributed by atoms with Gasteiger partial charge in [-0.2, -0.15) is 0 Å². The molecule has 1 N–H and O–H groups in total. The second kappa shape index (κ2) is 7.87. The van der Waals surface area contributed by atoms with Crippen molar-refractivity contribution < 1.29 is 19.1 Å². The number of hydrogen-bond donors (Lipinski definition) is 1. The first-order valence-corrected chi connectivity index (χ1v) is 8.08. The largest absolute Gasteiger partial charge is 0.481 e. The van der Waals surface area contributed by atoms with E-state index in [1.807, 2.05) is 13.8 Å². The number of carbonyl (C=O) groups is 2. The summed E-state index contributed by atoms with van der Waals surface area (Å²) in [6.45, 7) is 5.89. The fraction of sp³-hybridized carbons (Fsp3) is 0.412. The molecule has 0 aliphatic heterocycles. The van der Waals surface area contributed by atoms with Gasteiger partial charge in [0.25, 0.3) is 5.91 Å². The minimum Gasteiger partial charge on any atom is -0.481 e. The minimum absolute atomic E-state index is 0.0654. The molecular formula is C17H21FN4O3. The lowest BCUT2D eigenvalue weighted by Crippen LogP contribution is -2.33. The summed E-state index contributed by atoms with van der Waals surface area (Å²) in [4.78, 5) is 29.0. The molecule has 1 heterocycles. The van der Waals surface area contributed by atoms with Crippen LogP contribution in [0.2, 0.25) is 0 Å². The molecule has 2 rings (SSSR count). The highest BCUT2D eigenvalue weighted by Gasteiger charge is 2.24. The fourth-order valence-electron chi connectivity index (χ4n) is 2.36. The molecule has 8 heteroatoms. The van der Waals surface area contributed by atoms with Crippen LogP contribution in [0.3, 0.4) is 0 Å². The van der Waals surface area contributed by atoms with Gasteiger partial charge in [0.15, 0.2) is 0 Å². The maximum Gasteiger partial charge on any atom is 0.305 e. The molecule has 0 saturated heterocycles. The third-order valence-corrected chi connectivity index (χ3v) is 3.69. The van der Waals surface area contributed by atoms with E-state index in [0.29, 0.717) is 12.4 Å². The second-order valence-corrected chi connectivity index (χ2v) is 5.84. The van der Waals surface area contributed by atoms with E-state index in [1.165, 1.54) is 15.6 Å². The lowest BCUT2D eigenvalue weighted by molar-refractivity contribution is -0.137. The molecule has 0 atom stereocenters. The Hall–Kier alpha value is -2.77. The van der Waals surface area contributed by atoms with Gasteiger partial charge in [0.05, 0.1) is 6.42 Å². The van der Waals surface area contributed by atoms with E-state index >= 15 is 0 Å². The number of amides is 1. The Morgan fingerprint density at radius 3 is 2.56 bits per heavy atom. The molecule has 1 amide bonds. The number of halogens is 1. The zero-order valence-corrected chi connectivity index (χ0v) is 14.4. The molecule has 0 aliphatic carbocycles. The van der Waals surface area contributed by atoms with Crippen molar-refractivity contribution in [3.63, 3.8) is 0 Å². The van der Waals surface area contributed by atoms with Crippen LogP contribution in [0.5, 0.6) is 0 Å². The average molecular weight is 348 g/mol. The first kappa shape index (κ1) is 18.6. The van der Waals surface area contributed by atoms with Crippen molar-refractivity contribution >= 4 is 11.9 Å². The zero-order chi connectivity index (χ0) is 18.6. The number of rotatable bonds is 7. The topological polar surface area (TPSA) is 88.3 Å². The molecule has 25 heavy (non-hydrogen) atoms. The number of carboxylic acid groups (broad SMARTS) is 1. The summed E-state index contributed by atoms with van der Waals surface area (Å²) in [5.74, 6) is -1.61. The highest BCUT2D eigenvalue weighted by atomic mass is 19.1. The molecule has 1 aromatic heterocycles. The molecule has 0 aliphatic rings. The molecule has 0 saturated carbocycles. The van der Waals surface area contributed by atoms with Crippen molar-refractivity contribution in [2.75, 3.05) is 13.1 Å². The summed E-state index contributed by atoms with van der Waals surface area (Å²) in [6.07, 6.45) is -0.162. The van der Waals surface area contributed by atoms with E-state index in [0.717, 1.165) is 0 Å². The van der Waals surface area contributed by atoms with Crippen LogP contribution in [0.1, 0.15) is 49.6 Å². The van der Waals surface area contributed by atoms with Crippen LogP contribution in [0.4, 0.5) is 4.39 Å². The number of nitrogens with zero attached hydrogens (tertiary/aromatic N) is 4. The van der Waals surface area contributed by atoms with Crippen molar-refractivity contribution in [2.24, 2.45) is 0 Å². The first-order chi connectivity index (χ1) is 11.8. The predicted molar refractivity (Wildman–Crippen MR) is 89.2 cm³/mol. The smallest absolute Gasteiger partial charge is 0.305 e. The van der Waals surface area contributed by atoms with Gasteiger partial charge in [-0.1, -0.05) is 26.0 Å². The van der Waals surface area contributed by atoms with Crippen LogP contribution >= 0.6 is 0 Å². The maximum absolute atomic E-state index is 14.1. The second-order valence-electron chi connectivity index (χ2n) is 5.84. The van der Waals surface area contributed by atoms with E-state index in [-0.39, 0.29) is 30.4 Å². The Morgan fingerprint density at radius 2 is 2.00 bits per heavy atom. The summed E-state index contributed by atoms with van der Waals surface area (Å²) >= 11 is 0. The summed E-state index contributed by atoms with van der Waals surface area (Å²) < 4.78 is 15.4. The van der Waals surface area contributed by atoms with Gasteiger partial charge in [-0.15, -0.1) is 5.10 Å². The van der Waals surface area contributed by atoms with Crippen molar-refractivity contribution in [3.05, 3.63) is 41.7 Å². The summed E-state index contributed by atoms with van der Waals surface area (Å²) in [5.41, 5.74) is 0.214. The van der Waals surface area contributed by atoms with Crippen molar-refractivity contribution in [1.29, 1.82) is 0 Å². The lowest BCUT2D eigenvalue weighted by Gasteiger charge is -2.17. The fourth-order valence-corrected chi connectivity index (χ4v) is 2.36. The van der Waals surface area contributed by atoms with Gasteiger partial charge in [0.2, 0.25) is 5.82 Å². The monoisotopic (exact) mass is 348 g/mol.